The number of hydrogen-bond donors (Lipinski definition) is 5. The van der Waals surface area contributed by atoms with Crippen molar-refractivity contribution < 1.29 is 25.2 Å². The van der Waals surface area contributed by atoms with Crippen LogP contribution < -0.4 is 5.73 Å². The molecule has 6 nitrogen and oxygen atoms in total. The molecule has 0 aromatic heterocycles. The van der Waals surface area contributed by atoms with Crippen LogP contribution in [0.2, 0.25) is 0 Å². The fraction of sp³-hybridized carbons (Fsp3) is 1.00. The van der Waals surface area contributed by atoms with Crippen LogP contribution in [-0.2, 0) is 4.74 Å². The standard InChI is InChI=1S/C12H25NO5S/c13-5-3-1-2-4-6-19-12-11(17)10(16)9(15)8(7-14)18-12/h8-12,14-17H,1-7,13H2/t8-,9+,10-,11+,12+/m1/s1. The van der Waals surface area contributed by atoms with E-state index in [0.29, 0.717) is 6.54 Å². The van der Waals surface area contributed by atoms with E-state index in [1.165, 1.54) is 11.8 Å². The van der Waals surface area contributed by atoms with E-state index in [2.05, 4.69) is 0 Å². The maximum absolute atomic E-state index is 9.81. The number of ether oxygens (including phenoxy) is 1. The molecule has 0 aromatic carbocycles. The first kappa shape index (κ1) is 17.2. The molecule has 1 aliphatic heterocycles. The molecule has 0 radical (unpaired) electrons. The predicted octanol–water partition coefficient (Wildman–Crippen LogP) is -0.961. The van der Waals surface area contributed by atoms with Gasteiger partial charge in [0.05, 0.1) is 6.61 Å². The van der Waals surface area contributed by atoms with Crippen molar-refractivity contribution in [2.24, 2.45) is 5.73 Å². The van der Waals surface area contributed by atoms with Gasteiger partial charge in [0.25, 0.3) is 0 Å². The van der Waals surface area contributed by atoms with Crippen LogP contribution in [0.1, 0.15) is 25.7 Å². The summed E-state index contributed by atoms with van der Waals surface area (Å²) >= 11 is 1.40. The Bertz CT molecular complexity index is 244. The third kappa shape index (κ3) is 5.18. The highest BCUT2D eigenvalue weighted by Gasteiger charge is 2.43. The van der Waals surface area contributed by atoms with Gasteiger partial charge in [0.1, 0.15) is 29.9 Å². The van der Waals surface area contributed by atoms with Crippen LogP contribution in [0.15, 0.2) is 0 Å². The predicted molar refractivity (Wildman–Crippen MR) is 73.7 cm³/mol. The van der Waals surface area contributed by atoms with Gasteiger partial charge >= 0.3 is 0 Å². The minimum absolute atomic E-state index is 0.376. The Labute approximate surface area is 118 Å². The lowest BCUT2D eigenvalue weighted by Crippen LogP contribution is -2.57. The van der Waals surface area contributed by atoms with Gasteiger partial charge in [-0.25, -0.2) is 0 Å². The number of unbranched alkanes of at least 4 members (excludes halogenated alkanes) is 3. The summed E-state index contributed by atoms with van der Waals surface area (Å²) in [6, 6.07) is 0. The third-order valence-corrected chi connectivity index (χ3v) is 4.47. The first-order chi connectivity index (χ1) is 9.11. The van der Waals surface area contributed by atoms with Gasteiger partial charge in [-0.3, -0.25) is 0 Å². The summed E-state index contributed by atoms with van der Waals surface area (Å²) in [4.78, 5) is 0. The Morgan fingerprint density at radius 1 is 0.947 bits per heavy atom. The van der Waals surface area contributed by atoms with Crippen LogP contribution in [-0.4, -0.2) is 69.2 Å². The van der Waals surface area contributed by atoms with E-state index in [0.717, 1.165) is 31.4 Å². The topological polar surface area (TPSA) is 116 Å². The molecule has 0 amide bonds. The zero-order valence-corrected chi connectivity index (χ0v) is 11.8. The van der Waals surface area contributed by atoms with Crippen molar-refractivity contribution in [3.8, 4) is 0 Å². The fourth-order valence-electron chi connectivity index (χ4n) is 2.00. The maximum atomic E-state index is 9.81. The Balaban J connectivity index is 2.28. The van der Waals surface area contributed by atoms with E-state index in [9.17, 15) is 15.3 Å². The van der Waals surface area contributed by atoms with Gasteiger partial charge in [-0.15, -0.1) is 11.8 Å². The molecule has 1 rings (SSSR count). The van der Waals surface area contributed by atoms with E-state index in [-0.39, 0.29) is 6.61 Å². The molecule has 0 bridgehead atoms. The first-order valence-corrected chi connectivity index (χ1v) is 7.79. The Hall–Kier alpha value is 0.110. The van der Waals surface area contributed by atoms with Crippen LogP contribution in [0.25, 0.3) is 0 Å². The molecule has 0 aliphatic carbocycles. The molecule has 5 atom stereocenters. The summed E-state index contributed by atoms with van der Waals surface area (Å²) in [6.07, 6.45) is -0.334. The highest BCUT2D eigenvalue weighted by atomic mass is 32.2. The van der Waals surface area contributed by atoms with E-state index < -0.39 is 29.9 Å². The minimum Gasteiger partial charge on any atom is -0.394 e. The molecule has 19 heavy (non-hydrogen) atoms. The average molecular weight is 295 g/mol. The summed E-state index contributed by atoms with van der Waals surface area (Å²) in [5.74, 6) is 0.799. The van der Waals surface area contributed by atoms with Crippen molar-refractivity contribution in [2.75, 3.05) is 18.9 Å². The Morgan fingerprint density at radius 3 is 2.26 bits per heavy atom. The first-order valence-electron chi connectivity index (χ1n) is 6.74. The highest BCUT2D eigenvalue weighted by Crippen LogP contribution is 2.29. The van der Waals surface area contributed by atoms with Gasteiger partial charge < -0.3 is 30.9 Å². The SMILES string of the molecule is NCCCCCCS[C@@H]1O[C@H](CO)[C@H](O)[C@@H](O)[C@@H]1O. The summed E-state index contributed by atoms with van der Waals surface area (Å²) in [5, 5.41) is 38.1. The number of hydrogen-bond acceptors (Lipinski definition) is 7. The van der Waals surface area contributed by atoms with Crippen LogP contribution in [0.3, 0.4) is 0 Å². The zero-order valence-electron chi connectivity index (χ0n) is 11.0. The van der Waals surface area contributed by atoms with Gasteiger partial charge in [-0.2, -0.15) is 0 Å². The molecule has 0 saturated carbocycles. The molecule has 114 valence electrons. The molecule has 1 aliphatic rings. The lowest BCUT2D eigenvalue weighted by molar-refractivity contribution is -0.205. The molecular weight excluding hydrogens is 270 g/mol. The second kappa shape index (κ2) is 9.12. The molecule has 0 aromatic rings. The fourth-order valence-corrected chi connectivity index (χ4v) is 3.19. The number of aliphatic hydroxyl groups excluding tert-OH is 4. The molecule has 1 fully saturated rings. The number of aliphatic hydroxyl groups is 4. The number of thioether (sulfide) groups is 1. The Kier molecular flexibility index (Phi) is 8.24. The van der Waals surface area contributed by atoms with Gasteiger partial charge in [-0.05, 0) is 25.1 Å². The monoisotopic (exact) mass is 295 g/mol. The van der Waals surface area contributed by atoms with Crippen LogP contribution in [0.4, 0.5) is 0 Å². The summed E-state index contributed by atoms with van der Waals surface area (Å²) in [5.41, 5.74) is 4.80. The van der Waals surface area contributed by atoms with Crippen molar-refractivity contribution >= 4 is 11.8 Å². The number of rotatable bonds is 8. The second-order valence-corrected chi connectivity index (χ2v) is 5.98. The quantitative estimate of drug-likeness (QED) is 0.366. The van der Waals surface area contributed by atoms with Crippen molar-refractivity contribution in [3.63, 3.8) is 0 Å². The van der Waals surface area contributed by atoms with Gasteiger partial charge in [0, 0.05) is 0 Å². The molecule has 0 unspecified atom stereocenters. The maximum Gasteiger partial charge on any atom is 0.132 e. The van der Waals surface area contributed by atoms with Gasteiger partial charge in [0.15, 0.2) is 0 Å². The normalized spacial score (nSPS) is 35.5. The van der Waals surface area contributed by atoms with Crippen LogP contribution >= 0.6 is 11.8 Å². The average Bonchev–Trinajstić information content (AvgIpc) is 2.42. The lowest BCUT2D eigenvalue weighted by Gasteiger charge is -2.39. The smallest absolute Gasteiger partial charge is 0.132 e. The van der Waals surface area contributed by atoms with Crippen molar-refractivity contribution in [1.82, 2.24) is 0 Å². The van der Waals surface area contributed by atoms with Crippen molar-refractivity contribution in [2.45, 2.75) is 55.5 Å². The number of nitrogens with two attached hydrogens (primary N) is 1. The minimum atomic E-state index is -1.28. The molecule has 6 N–H and O–H groups in total. The highest BCUT2D eigenvalue weighted by molar-refractivity contribution is 7.99. The molecule has 7 heteroatoms. The summed E-state index contributed by atoms with van der Waals surface area (Å²) in [6.45, 7) is 0.332. The summed E-state index contributed by atoms with van der Waals surface area (Å²) in [7, 11) is 0. The van der Waals surface area contributed by atoms with Crippen molar-refractivity contribution in [1.29, 1.82) is 0 Å². The van der Waals surface area contributed by atoms with E-state index in [1.807, 2.05) is 0 Å². The molecule has 1 saturated heterocycles. The molecule has 0 spiro atoms. The zero-order chi connectivity index (χ0) is 14.3. The second-order valence-electron chi connectivity index (χ2n) is 4.77. The van der Waals surface area contributed by atoms with E-state index >= 15 is 0 Å². The van der Waals surface area contributed by atoms with E-state index in [4.69, 9.17) is 15.6 Å². The Morgan fingerprint density at radius 2 is 1.63 bits per heavy atom. The van der Waals surface area contributed by atoms with Gasteiger partial charge in [-0.1, -0.05) is 12.8 Å². The van der Waals surface area contributed by atoms with Crippen LogP contribution in [0.5, 0.6) is 0 Å². The van der Waals surface area contributed by atoms with Gasteiger partial charge in [0.2, 0.25) is 0 Å². The molecular formula is C12H25NO5S. The third-order valence-electron chi connectivity index (χ3n) is 3.23. The molecule has 1 heterocycles. The lowest BCUT2D eigenvalue weighted by atomic mass is 10.0. The van der Waals surface area contributed by atoms with E-state index in [1.54, 1.807) is 0 Å². The largest absolute Gasteiger partial charge is 0.394 e. The summed E-state index contributed by atoms with van der Waals surface area (Å²) < 4.78 is 5.39. The van der Waals surface area contributed by atoms with Crippen molar-refractivity contribution in [3.05, 3.63) is 0 Å². The van der Waals surface area contributed by atoms with Crippen LogP contribution in [0, 0.1) is 0 Å².